The van der Waals surface area contributed by atoms with E-state index in [0.29, 0.717) is 26.2 Å². The van der Waals surface area contributed by atoms with E-state index in [1.807, 2.05) is 17.5 Å². The second-order valence-corrected chi connectivity index (χ2v) is 10.6. The Hall–Kier alpha value is -4.95. The van der Waals surface area contributed by atoms with E-state index < -0.39 is 33.2 Å². The first kappa shape index (κ1) is 27.6. The molecular weight excluding hydrogens is 572 g/mol. The molecule has 1 atom stereocenters. The molecule has 1 aliphatic heterocycles. The van der Waals surface area contributed by atoms with Crippen LogP contribution in [-0.2, 0) is 9.53 Å². The Bertz CT molecular complexity index is 1910. The van der Waals surface area contributed by atoms with Crippen LogP contribution < -0.4 is 19.6 Å². The van der Waals surface area contributed by atoms with Gasteiger partial charge in [0.2, 0.25) is 5.75 Å². The fraction of sp³-hybridized carbons (Fsp3) is 0.148. The van der Waals surface area contributed by atoms with E-state index in [1.54, 1.807) is 44.2 Å². The van der Waals surface area contributed by atoms with Gasteiger partial charge in [0.25, 0.3) is 11.2 Å². The molecule has 0 bridgehead atoms. The van der Waals surface area contributed by atoms with Crippen molar-refractivity contribution in [1.29, 1.82) is 0 Å². The van der Waals surface area contributed by atoms with Crippen molar-refractivity contribution in [3.05, 3.63) is 122 Å². The lowest BCUT2D eigenvalue weighted by molar-refractivity contribution is -0.394. The fourth-order valence-corrected chi connectivity index (χ4v) is 6.17. The van der Waals surface area contributed by atoms with Gasteiger partial charge in [-0.05, 0) is 55.1 Å². The molecule has 2 aromatic heterocycles. The first-order valence-electron chi connectivity index (χ1n) is 12.1. The van der Waals surface area contributed by atoms with Gasteiger partial charge in [-0.1, -0.05) is 29.5 Å². The maximum atomic E-state index is 13.7. The molecule has 41 heavy (non-hydrogen) atoms. The molecule has 14 heteroatoms. The number of fused-ring (bicyclic) bond motifs is 1. The predicted octanol–water partition coefficient (Wildman–Crippen LogP) is 4.47. The highest BCUT2D eigenvalue weighted by molar-refractivity contribution is 7.10. The molecule has 12 nitrogen and oxygen atoms in total. The summed E-state index contributed by atoms with van der Waals surface area (Å²) in [6.07, 6.45) is 1.63. The van der Waals surface area contributed by atoms with Crippen LogP contribution >= 0.6 is 22.7 Å². The third-order valence-corrected chi connectivity index (χ3v) is 7.97. The Labute approximate surface area is 239 Å². The Morgan fingerprint density at radius 1 is 1.12 bits per heavy atom. The van der Waals surface area contributed by atoms with Gasteiger partial charge in [0.15, 0.2) is 4.80 Å². The second kappa shape index (κ2) is 11.3. The topological polar surface area (TPSA) is 156 Å². The standard InChI is InChI=1S/C27H20N4O8S2/c1-3-38-26(33)23-15(2)28-27-29(24(23)21-8-5-11-40-21)25(32)22(41-27)13-16-6-4-7-18(12-16)39-20-10-9-17(30(34)35)14-19(20)31(36)37/h4-14,24H,3H2,1-2H3/b22-13+/t24-/m0/s1. The number of nitro groups is 2. The van der Waals surface area contributed by atoms with E-state index in [1.165, 1.54) is 15.9 Å². The Balaban J connectivity index is 1.55. The number of hydrogen-bond donors (Lipinski definition) is 0. The molecule has 0 aliphatic carbocycles. The zero-order valence-corrected chi connectivity index (χ0v) is 23.1. The maximum absolute atomic E-state index is 13.7. The van der Waals surface area contributed by atoms with Crippen molar-refractivity contribution in [2.75, 3.05) is 6.61 Å². The van der Waals surface area contributed by atoms with E-state index in [-0.39, 0.29) is 23.7 Å². The number of nitrogens with zero attached hydrogens (tertiary/aromatic N) is 4. The van der Waals surface area contributed by atoms with Crippen molar-refractivity contribution >= 4 is 46.1 Å². The average molecular weight is 593 g/mol. The number of thiazole rings is 1. The lowest BCUT2D eigenvalue weighted by Crippen LogP contribution is -2.39. The zero-order valence-electron chi connectivity index (χ0n) is 21.5. The monoisotopic (exact) mass is 592 g/mol. The molecule has 0 radical (unpaired) electrons. The number of nitro benzene ring substituents is 2. The van der Waals surface area contributed by atoms with Crippen LogP contribution in [0.1, 0.15) is 30.3 Å². The highest BCUT2D eigenvalue weighted by Gasteiger charge is 2.34. The average Bonchev–Trinajstić information content (AvgIpc) is 3.57. The van der Waals surface area contributed by atoms with Crippen molar-refractivity contribution in [2.45, 2.75) is 19.9 Å². The van der Waals surface area contributed by atoms with Crippen LogP contribution in [0, 0.1) is 20.2 Å². The van der Waals surface area contributed by atoms with E-state index in [2.05, 4.69) is 4.99 Å². The zero-order chi connectivity index (χ0) is 29.3. The van der Waals surface area contributed by atoms with Gasteiger partial charge in [-0.25, -0.2) is 9.79 Å². The van der Waals surface area contributed by atoms with Crippen LogP contribution in [0.15, 0.2) is 81.0 Å². The number of allylic oxidation sites excluding steroid dienone is 1. The summed E-state index contributed by atoms with van der Waals surface area (Å²) in [4.78, 5) is 53.4. The van der Waals surface area contributed by atoms with E-state index in [9.17, 15) is 29.8 Å². The summed E-state index contributed by atoms with van der Waals surface area (Å²) in [6, 6.07) is 12.6. The van der Waals surface area contributed by atoms with Gasteiger partial charge in [-0.3, -0.25) is 29.6 Å². The number of ether oxygens (including phenoxy) is 2. The summed E-state index contributed by atoms with van der Waals surface area (Å²) < 4.78 is 12.8. The van der Waals surface area contributed by atoms with E-state index >= 15 is 0 Å². The minimum atomic E-state index is -0.760. The van der Waals surface area contributed by atoms with Crippen molar-refractivity contribution in [3.8, 4) is 11.5 Å². The number of benzene rings is 2. The molecule has 0 saturated carbocycles. The SMILES string of the molecule is CCOC(=O)C1=C(C)N=c2s/c(=C/c3cccc(Oc4ccc([N+](=O)[O-])cc4[N+](=O)[O-])c3)c(=O)n2[C@H]1c1cccs1. The molecule has 2 aromatic carbocycles. The van der Waals surface area contributed by atoms with Gasteiger partial charge in [-0.15, -0.1) is 11.3 Å². The second-order valence-electron chi connectivity index (χ2n) is 8.66. The summed E-state index contributed by atoms with van der Waals surface area (Å²) in [7, 11) is 0. The number of carbonyl (C=O) groups is 1. The number of rotatable bonds is 8. The van der Waals surface area contributed by atoms with E-state index in [4.69, 9.17) is 9.47 Å². The van der Waals surface area contributed by atoms with Gasteiger partial charge in [-0.2, -0.15) is 0 Å². The van der Waals surface area contributed by atoms with Crippen molar-refractivity contribution in [3.63, 3.8) is 0 Å². The summed E-state index contributed by atoms with van der Waals surface area (Å²) in [5.41, 5.74) is -0.0113. The van der Waals surface area contributed by atoms with Crippen LogP contribution in [0.2, 0.25) is 0 Å². The van der Waals surface area contributed by atoms with Gasteiger partial charge in [0.05, 0.1) is 38.3 Å². The number of thiophene rings is 1. The molecule has 0 spiro atoms. The van der Waals surface area contributed by atoms with Gasteiger partial charge < -0.3 is 9.47 Å². The third-order valence-electron chi connectivity index (χ3n) is 6.06. The summed E-state index contributed by atoms with van der Waals surface area (Å²) >= 11 is 2.58. The first-order valence-corrected chi connectivity index (χ1v) is 13.8. The fourth-order valence-electron chi connectivity index (χ4n) is 4.30. The Morgan fingerprint density at radius 3 is 2.61 bits per heavy atom. The number of esters is 1. The smallest absolute Gasteiger partial charge is 0.338 e. The van der Waals surface area contributed by atoms with Gasteiger partial charge >= 0.3 is 11.7 Å². The molecule has 3 heterocycles. The quantitative estimate of drug-likeness (QED) is 0.165. The van der Waals surface area contributed by atoms with Crippen LogP contribution in [-0.4, -0.2) is 27.0 Å². The van der Waals surface area contributed by atoms with Crippen LogP contribution in [0.25, 0.3) is 6.08 Å². The minimum absolute atomic E-state index is 0.171. The molecule has 0 N–H and O–H groups in total. The number of aromatic nitrogens is 1. The molecule has 0 amide bonds. The van der Waals surface area contributed by atoms with Crippen LogP contribution in [0.5, 0.6) is 11.5 Å². The predicted molar refractivity (Wildman–Crippen MR) is 151 cm³/mol. The lowest BCUT2D eigenvalue weighted by atomic mass is 10.0. The van der Waals surface area contributed by atoms with Crippen molar-refractivity contribution in [1.82, 2.24) is 4.57 Å². The van der Waals surface area contributed by atoms with Crippen LogP contribution in [0.4, 0.5) is 11.4 Å². The summed E-state index contributed by atoms with van der Waals surface area (Å²) in [5.74, 6) is -0.484. The number of non-ortho nitro benzene ring substituents is 1. The normalized spacial score (nSPS) is 14.8. The largest absolute Gasteiger partial charge is 0.463 e. The van der Waals surface area contributed by atoms with Crippen molar-refractivity contribution in [2.24, 2.45) is 4.99 Å². The lowest BCUT2D eigenvalue weighted by Gasteiger charge is -2.23. The molecule has 0 saturated heterocycles. The molecule has 4 aromatic rings. The molecule has 1 aliphatic rings. The molecular formula is C27H20N4O8S2. The third kappa shape index (κ3) is 5.42. The number of hydrogen-bond acceptors (Lipinski definition) is 11. The number of carbonyl (C=O) groups excluding carboxylic acids is 1. The van der Waals surface area contributed by atoms with E-state index in [0.717, 1.165) is 34.4 Å². The Kier molecular flexibility index (Phi) is 7.59. The van der Waals surface area contributed by atoms with Gasteiger partial charge in [0.1, 0.15) is 11.8 Å². The maximum Gasteiger partial charge on any atom is 0.338 e. The molecule has 0 unspecified atom stereocenters. The van der Waals surface area contributed by atoms with Crippen molar-refractivity contribution < 1.29 is 24.1 Å². The molecule has 5 rings (SSSR count). The van der Waals surface area contributed by atoms with Gasteiger partial charge in [0, 0.05) is 10.9 Å². The first-order chi connectivity index (χ1) is 19.7. The highest BCUT2D eigenvalue weighted by atomic mass is 32.1. The highest BCUT2D eigenvalue weighted by Crippen LogP contribution is 2.35. The minimum Gasteiger partial charge on any atom is -0.463 e. The Morgan fingerprint density at radius 2 is 1.93 bits per heavy atom. The summed E-state index contributed by atoms with van der Waals surface area (Å²) in [5, 5.41) is 24.4. The molecule has 208 valence electrons. The summed E-state index contributed by atoms with van der Waals surface area (Å²) in [6.45, 7) is 3.60. The molecule has 0 fully saturated rings. The van der Waals surface area contributed by atoms with Crippen LogP contribution in [0.3, 0.4) is 0 Å².